The molecule has 1 nitrogen and oxygen atoms in total. The van der Waals surface area contributed by atoms with E-state index in [0.29, 0.717) is 3.93 Å². The summed E-state index contributed by atoms with van der Waals surface area (Å²) in [6.07, 6.45) is 1.03. The van der Waals surface area contributed by atoms with Crippen molar-refractivity contribution in [3.63, 3.8) is 0 Å². The van der Waals surface area contributed by atoms with Crippen LogP contribution in [-0.4, -0.2) is 19.7 Å². The van der Waals surface area contributed by atoms with Gasteiger partial charge < -0.3 is 0 Å². The third-order valence-corrected chi connectivity index (χ3v) is 8.41. The second-order valence-corrected chi connectivity index (χ2v) is 9.58. The molecule has 2 heteroatoms. The molecule has 0 bridgehead atoms. The average Bonchev–Trinajstić information content (AvgIpc) is 2.17. The van der Waals surface area contributed by atoms with Crippen LogP contribution >= 0.6 is 0 Å². The molecule has 1 atom stereocenters. The second-order valence-electron chi connectivity index (χ2n) is 3.04. The fourth-order valence-electron chi connectivity index (χ4n) is 1.07. The third kappa shape index (κ3) is 2.40. The Hall–Kier alpha value is -0.181. The number of benzene rings is 1. The van der Waals surface area contributed by atoms with Crippen molar-refractivity contribution in [3.8, 4) is 0 Å². The monoisotopic (exact) mass is 270 g/mol. The van der Waals surface area contributed by atoms with Gasteiger partial charge in [0.25, 0.3) is 0 Å². The van der Waals surface area contributed by atoms with E-state index in [1.54, 1.807) is 0 Å². The molecule has 1 aromatic rings. The van der Waals surface area contributed by atoms with Gasteiger partial charge in [-0.3, -0.25) is 0 Å². The van der Waals surface area contributed by atoms with Crippen LogP contribution in [0.2, 0.25) is 3.93 Å². The maximum atomic E-state index is 11.9. The third-order valence-electron chi connectivity index (χ3n) is 2.12. The Bertz CT molecular complexity index is 256. The second kappa shape index (κ2) is 4.75. The molecule has 1 rings (SSSR count). The quantitative estimate of drug-likeness (QED) is 0.768. The summed E-state index contributed by atoms with van der Waals surface area (Å²) in [5.74, 6) is 0. The minimum atomic E-state index is -2.46. The first kappa shape index (κ1) is 9.90. The molecular weight excluding hydrogens is 255 g/mol. The predicted molar refractivity (Wildman–Crippen MR) is 52.2 cm³/mol. The van der Waals surface area contributed by atoms with Gasteiger partial charge in [0, 0.05) is 0 Å². The molecule has 0 saturated heterocycles. The molecule has 0 aliphatic heterocycles. The molecule has 0 aliphatic rings. The Kier molecular flexibility index (Phi) is 3.92. The van der Waals surface area contributed by atoms with E-state index in [4.69, 9.17) is 0 Å². The van der Waals surface area contributed by atoms with Crippen molar-refractivity contribution in [2.45, 2.75) is 24.2 Å². The van der Waals surface area contributed by atoms with Gasteiger partial charge in [-0.15, -0.1) is 0 Å². The number of hydrogen-bond acceptors (Lipinski definition) is 1. The van der Waals surface area contributed by atoms with Crippen molar-refractivity contribution >= 4 is 23.3 Å². The van der Waals surface area contributed by atoms with Crippen LogP contribution in [0.4, 0.5) is 0 Å². The standard InChI is InChI=1S/C6H5.C4H9.O.Sn/c1-2-4-6-5-3-1;1-3-4-2;;/h1-5H;3H,4H2,1-2H3;;. The molecule has 0 saturated carbocycles. The van der Waals surface area contributed by atoms with Crippen molar-refractivity contribution in [1.82, 2.24) is 0 Å². The summed E-state index contributed by atoms with van der Waals surface area (Å²) < 4.78 is 13.4. The topological polar surface area (TPSA) is 17.1 Å². The van der Waals surface area contributed by atoms with E-state index in [1.807, 2.05) is 30.3 Å². The van der Waals surface area contributed by atoms with E-state index >= 15 is 0 Å². The first-order valence-corrected chi connectivity index (χ1v) is 8.59. The van der Waals surface area contributed by atoms with Gasteiger partial charge in [0.2, 0.25) is 0 Å². The summed E-state index contributed by atoms with van der Waals surface area (Å²) in [6, 6.07) is 9.89. The van der Waals surface area contributed by atoms with Crippen LogP contribution in [0.1, 0.15) is 20.3 Å². The van der Waals surface area contributed by atoms with Crippen LogP contribution in [0, 0.1) is 0 Å². The van der Waals surface area contributed by atoms with E-state index in [2.05, 4.69) is 13.8 Å². The molecular formula is C10H14OSn. The van der Waals surface area contributed by atoms with Gasteiger partial charge in [0.1, 0.15) is 0 Å². The van der Waals surface area contributed by atoms with Crippen LogP contribution in [0.25, 0.3) is 0 Å². The molecule has 0 heterocycles. The summed E-state index contributed by atoms with van der Waals surface area (Å²) in [4.78, 5) is 0. The van der Waals surface area contributed by atoms with Gasteiger partial charge in [-0.25, -0.2) is 0 Å². The Morgan fingerprint density at radius 1 is 1.33 bits per heavy atom. The fourth-order valence-corrected chi connectivity index (χ4v) is 5.24. The summed E-state index contributed by atoms with van der Waals surface area (Å²) >= 11 is -2.46. The Labute approximate surface area is 80.9 Å². The fraction of sp³-hybridized carbons (Fsp3) is 0.400. The van der Waals surface area contributed by atoms with E-state index in [1.165, 1.54) is 0 Å². The zero-order chi connectivity index (χ0) is 8.97. The van der Waals surface area contributed by atoms with Crippen molar-refractivity contribution in [2.75, 3.05) is 0 Å². The first-order chi connectivity index (χ1) is 5.75. The van der Waals surface area contributed by atoms with Gasteiger partial charge in [0.15, 0.2) is 0 Å². The van der Waals surface area contributed by atoms with Gasteiger partial charge in [0.05, 0.1) is 0 Å². The van der Waals surface area contributed by atoms with Crippen LogP contribution < -0.4 is 3.58 Å². The SMILES string of the molecule is CC[CH](C)[Sn](=[O])[c]1ccccc1. The minimum absolute atomic E-state index is 0.426. The summed E-state index contributed by atoms with van der Waals surface area (Å²) in [7, 11) is 0. The van der Waals surface area contributed by atoms with Gasteiger partial charge >= 0.3 is 80.9 Å². The zero-order valence-electron chi connectivity index (χ0n) is 7.58. The van der Waals surface area contributed by atoms with Crippen molar-refractivity contribution in [2.24, 2.45) is 0 Å². The maximum absolute atomic E-state index is 11.9. The molecule has 0 fully saturated rings. The van der Waals surface area contributed by atoms with E-state index < -0.39 is 19.7 Å². The molecule has 0 spiro atoms. The first-order valence-electron chi connectivity index (χ1n) is 4.35. The average molecular weight is 269 g/mol. The summed E-state index contributed by atoms with van der Waals surface area (Å²) in [5.41, 5.74) is 0. The van der Waals surface area contributed by atoms with E-state index in [9.17, 15) is 3.08 Å². The van der Waals surface area contributed by atoms with Gasteiger partial charge in [-0.1, -0.05) is 0 Å². The molecule has 0 aromatic heterocycles. The normalized spacial score (nSPS) is 12.5. The van der Waals surface area contributed by atoms with Crippen LogP contribution in [0.5, 0.6) is 0 Å². The number of rotatable bonds is 3. The zero-order valence-corrected chi connectivity index (χ0v) is 10.4. The van der Waals surface area contributed by atoms with Gasteiger partial charge in [-0.2, -0.15) is 0 Å². The summed E-state index contributed by atoms with van der Waals surface area (Å²) in [6.45, 7) is 4.20. The van der Waals surface area contributed by atoms with Crippen molar-refractivity contribution in [1.29, 1.82) is 0 Å². The predicted octanol–water partition coefficient (Wildman–Crippen LogP) is 2.12. The van der Waals surface area contributed by atoms with Crippen molar-refractivity contribution < 1.29 is 3.08 Å². The molecule has 12 heavy (non-hydrogen) atoms. The van der Waals surface area contributed by atoms with E-state index in [-0.39, 0.29) is 0 Å². The molecule has 0 radical (unpaired) electrons. The van der Waals surface area contributed by atoms with Gasteiger partial charge in [-0.05, 0) is 0 Å². The molecule has 1 aromatic carbocycles. The Balaban J connectivity index is 2.79. The van der Waals surface area contributed by atoms with Crippen LogP contribution in [0.15, 0.2) is 30.3 Å². The van der Waals surface area contributed by atoms with E-state index in [0.717, 1.165) is 10.0 Å². The molecule has 0 aliphatic carbocycles. The molecule has 0 N–H and O–H groups in total. The van der Waals surface area contributed by atoms with Crippen molar-refractivity contribution in [3.05, 3.63) is 30.3 Å². The Morgan fingerprint density at radius 3 is 2.42 bits per heavy atom. The summed E-state index contributed by atoms with van der Waals surface area (Å²) in [5, 5.41) is 0. The number of hydrogen-bond donors (Lipinski definition) is 0. The molecule has 0 amide bonds. The molecule has 1 unspecified atom stereocenters. The van der Waals surface area contributed by atoms with Crippen LogP contribution in [0.3, 0.4) is 0 Å². The Morgan fingerprint density at radius 2 is 1.92 bits per heavy atom. The molecule has 64 valence electrons. The van der Waals surface area contributed by atoms with Crippen LogP contribution in [-0.2, 0) is 3.08 Å².